The van der Waals surface area contributed by atoms with Crippen LogP contribution in [0.15, 0.2) is 30.3 Å². The largest absolute Gasteiger partial charge is 0.480 e. The second kappa shape index (κ2) is 9.89. The lowest BCUT2D eigenvalue weighted by molar-refractivity contribution is -0.138. The fraction of sp³-hybridized carbons (Fsp3) is 0.619. The Morgan fingerprint density at radius 1 is 1.29 bits per heavy atom. The summed E-state index contributed by atoms with van der Waals surface area (Å²) in [4.78, 5) is 27.0. The van der Waals surface area contributed by atoms with E-state index in [2.05, 4.69) is 29.6 Å². The normalized spacial score (nSPS) is 25.1. The van der Waals surface area contributed by atoms with Gasteiger partial charge in [-0.3, -0.25) is 9.69 Å². The molecule has 7 nitrogen and oxygen atoms in total. The number of carboxylic acid groups (broad SMARTS) is 1. The van der Waals surface area contributed by atoms with E-state index >= 15 is 0 Å². The van der Waals surface area contributed by atoms with Crippen molar-refractivity contribution in [3.8, 4) is 0 Å². The van der Waals surface area contributed by atoms with Crippen molar-refractivity contribution in [2.75, 3.05) is 46.4 Å². The van der Waals surface area contributed by atoms with Crippen molar-refractivity contribution in [1.82, 2.24) is 15.1 Å². The first kappa shape index (κ1) is 20.6. The first-order chi connectivity index (χ1) is 13.5. The van der Waals surface area contributed by atoms with Gasteiger partial charge in [0.25, 0.3) is 0 Å². The van der Waals surface area contributed by atoms with Crippen molar-refractivity contribution in [2.24, 2.45) is 5.92 Å². The predicted octanol–water partition coefficient (Wildman–Crippen LogP) is 2.00. The number of nitrogens with one attached hydrogen (secondary N) is 1. The number of aliphatic carboxylic acids is 1. The zero-order chi connectivity index (χ0) is 19.9. The van der Waals surface area contributed by atoms with Gasteiger partial charge in [-0.05, 0) is 37.3 Å². The predicted molar refractivity (Wildman–Crippen MR) is 106 cm³/mol. The quantitative estimate of drug-likeness (QED) is 0.745. The molecule has 1 heterocycles. The van der Waals surface area contributed by atoms with E-state index in [0.717, 1.165) is 6.42 Å². The van der Waals surface area contributed by atoms with Crippen LogP contribution in [0.2, 0.25) is 0 Å². The Kier molecular flexibility index (Phi) is 7.28. The molecule has 2 amide bonds. The van der Waals surface area contributed by atoms with Gasteiger partial charge in [-0.15, -0.1) is 0 Å². The molecule has 1 aliphatic carbocycles. The zero-order valence-electron chi connectivity index (χ0n) is 16.5. The third-order valence-electron chi connectivity index (χ3n) is 5.75. The van der Waals surface area contributed by atoms with Gasteiger partial charge in [-0.2, -0.15) is 0 Å². The van der Waals surface area contributed by atoms with E-state index in [4.69, 9.17) is 9.84 Å². The molecule has 7 heteroatoms. The summed E-state index contributed by atoms with van der Waals surface area (Å²) in [5.74, 6) is 0.130. The maximum Gasteiger partial charge on any atom is 0.317 e. The van der Waals surface area contributed by atoms with Crippen molar-refractivity contribution < 1.29 is 19.4 Å². The van der Waals surface area contributed by atoms with Gasteiger partial charge >= 0.3 is 12.0 Å². The molecule has 2 N–H and O–H groups in total. The van der Waals surface area contributed by atoms with E-state index in [1.807, 2.05) is 6.07 Å². The number of nitrogens with zero attached hydrogens (tertiary/aromatic N) is 2. The van der Waals surface area contributed by atoms with Crippen molar-refractivity contribution in [3.05, 3.63) is 35.9 Å². The van der Waals surface area contributed by atoms with Crippen LogP contribution in [0.5, 0.6) is 0 Å². The monoisotopic (exact) mass is 389 g/mol. The van der Waals surface area contributed by atoms with Crippen molar-refractivity contribution in [2.45, 2.75) is 31.3 Å². The zero-order valence-corrected chi connectivity index (χ0v) is 16.5. The minimum atomic E-state index is -0.863. The molecule has 1 aliphatic heterocycles. The fourth-order valence-electron chi connectivity index (χ4n) is 4.41. The van der Waals surface area contributed by atoms with Crippen LogP contribution in [0.4, 0.5) is 4.79 Å². The molecule has 3 rings (SSSR count). The lowest BCUT2D eigenvalue weighted by Gasteiger charge is -2.35. The van der Waals surface area contributed by atoms with E-state index in [9.17, 15) is 9.59 Å². The lowest BCUT2D eigenvalue weighted by atomic mass is 9.89. The highest BCUT2D eigenvalue weighted by molar-refractivity contribution is 5.74. The van der Waals surface area contributed by atoms with Gasteiger partial charge in [0.1, 0.15) is 0 Å². The summed E-state index contributed by atoms with van der Waals surface area (Å²) in [6.07, 6.45) is 3.37. The van der Waals surface area contributed by atoms with Crippen LogP contribution >= 0.6 is 0 Å². The smallest absolute Gasteiger partial charge is 0.317 e. The van der Waals surface area contributed by atoms with E-state index in [1.54, 1.807) is 16.8 Å². The van der Waals surface area contributed by atoms with Gasteiger partial charge in [0, 0.05) is 26.2 Å². The van der Waals surface area contributed by atoms with Crippen LogP contribution in [-0.4, -0.2) is 79.4 Å². The van der Waals surface area contributed by atoms with Gasteiger partial charge in [0.15, 0.2) is 0 Å². The highest BCUT2D eigenvalue weighted by Gasteiger charge is 2.30. The number of ether oxygens (including phenoxy) is 1. The topological polar surface area (TPSA) is 82.1 Å². The standard InChI is InChI=1S/C21H31N3O4/c1-23(15-20(25)26)13-18-14-24(10-11-28-18)21(27)22-12-17-8-5-9-19(17)16-6-3-2-4-7-16/h2-4,6-7,17-19H,5,8-15H2,1H3,(H,22,27)(H,25,26). The molecule has 2 aliphatic rings. The van der Waals surface area contributed by atoms with Gasteiger partial charge in [0.2, 0.25) is 0 Å². The molecule has 154 valence electrons. The Hall–Kier alpha value is -2.12. The van der Waals surface area contributed by atoms with E-state index in [1.165, 1.54) is 18.4 Å². The van der Waals surface area contributed by atoms with Crippen molar-refractivity contribution in [3.63, 3.8) is 0 Å². The number of hydrogen-bond donors (Lipinski definition) is 2. The van der Waals surface area contributed by atoms with Crippen molar-refractivity contribution >= 4 is 12.0 Å². The molecule has 0 radical (unpaired) electrons. The number of carbonyl (C=O) groups excluding carboxylic acids is 1. The van der Waals surface area contributed by atoms with Crippen LogP contribution in [0.3, 0.4) is 0 Å². The van der Waals surface area contributed by atoms with Crippen LogP contribution in [0.1, 0.15) is 30.7 Å². The minimum Gasteiger partial charge on any atom is -0.480 e. The first-order valence-corrected chi connectivity index (χ1v) is 10.1. The third kappa shape index (κ3) is 5.69. The lowest BCUT2D eigenvalue weighted by Crippen LogP contribution is -2.53. The Bertz CT molecular complexity index is 654. The second-order valence-electron chi connectivity index (χ2n) is 7.92. The van der Waals surface area contributed by atoms with Gasteiger partial charge < -0.3 is 20.1 Å². The number of benzene rings is 1. The molecule has 1 saturated heterocycles. The fourth-order valence-corrected chi connectivity index (χ4v) is 4.41. The van der Waals surface area contributed by atoms with Gasteiger partial charge in [-0.1, -0.05) is 36.8 Å². The molecular weight excluding hydrogens is 358 g/mol. The molecule has 1 saturated carbocycles. The van der Waals surface area contributed by atoms with Crippen LogP contribution < -0.4 is 5.32 Å². The van der Waals surface area contributed by atoms with E-state index < -0.39 is 5.97 Å². The Morgan fingerprint density at radius 3 is 2.82 bits per heavy atom. The second-order valence-corrected chi connectivity index (χ2v) is 7.92. The average Bonchev–Trinajstić information content (AvgIpc) is 3.15. The summed E-state index contributed by atoms with van der Waals surface area (Å²) in [6.45, 7) is 2.69. The molecule has 0 bridgehead atoms. The van der Waals surface area contributed by atoms with Crippen LogP contribution in [0, 0.1) is 5.92 Å². The summed E-state index contributed by atoms with van der Waals surface area (Å²) in [5.41, 5.74) is 1.37. The number of carboxylic acids is 1. The molecule has 28 heavy (non-hydrogen) atoms. The molecule has 2 fully saturated rings. The highest BCUT2D eigenvalue weighted by Crippen LogP contribution is 2.39. The van der Waals surface area contributed by atoms with Crippen LogP contribution in [0.25, 0.3) is 0 Å². The SMILES string of the molecule is CN(CC(=O)O)CC1CN(C(=O)NCC2CCCC2c2ccccc2)CCO1. The molecule has 0 aromatic heterocycles. The maximum atomic E-state index is 12.7. The Morgan fingerprint density at radius 2 is 2.07 bits per heavy atom. The number of urea groups is 1. The average molecular weight is 389 g/mol. The van der Waals surface area contributed by atoms with Crippen molar-refractivity contribution in [1.29, 1.82) is 0 Å². The molecule has 3 atom stereocenters. The molecule has 3 unspecified atom stereocenters. The summed E-state index contributed by atoms with van der Waals surface area (Å²) in [7, 11) is 1.75. The summed E-state index contributed by atoms with van der Waals surface area (Å²) >= 11 is 0. The Labute approximate surface area is 166 Å². The number of rotatable bonds is 7. The molecule has 0 spiro atoms. The molecule has 1 aromatic carbocycles. The third-order valence-corrected chi connectivity index (χ3v) is 5.75. The van der Waals surface area contributed by atoms with Crippen LogP contribution in [-0.2, 0) is 9.53 Å². The Balaban J connectivity index is 1.47. The number of carbonyl (C=O) groups is 2. The number of likely N-dealkylation sites (N-methyl/N-ethyl adjacent to an activating group) is 1. The van der Waals surface area contributed by atoms with Gasteiger partial charge in [-0.25, -0.2) is 4.79 Å². The van der Waals surface area contributed by atoms with E-state index in [0.29, 0.717) is 44.6 Å². The number of morpholine rings is 1. The first-order valence-electron chi connectivity index (χ1n) is 10.1. The number of amides is 2. The maximum absolute atomic E-state index is 12.7. The van der Waals surface area contributed by atoms with E-state index in [-0.39, 0.29) is 18.7 Å². The van der Waals surface area contributed by atoms with Gasteiger partial charge in [0.05, 0.1) is 19.3 Å². The summed E-state index contributed by atoms with van der Waals surface area (Å²) in [5, 5.41) is 12.0. The molecule has 1 aromatic rings. The minimum absolute atomic E-state index is 0.0331. The number of hydrogen-bond acceptors (Lipinski definition) is 4. The molecular formula is C21H31N3O4. The highest BCUT2D eigenvalue weighted by atomic mass is 16.5. The summed E-state index contributed by atoms with van der Waals surface area (Å²) in [6, 6.07) is 10.5. The summed E-state index contributed by atoms with van der Waals surface area (Å²) < 4.78 is 5.71.